The molecule has 2 nitrogen and oxygen atoms in total. The second-order valence-corrected chi connectivity index (χ2v) is 4.39. The lowest BCUT2D eigenvalue weighted by molar-refractivity contribution is -0.255. The van der Waals surface area contributed by atoms with Gasteiger partial charge in [-0.25, -0.2) is 0 Å². The lowest BCUT2D eigenvalue weighted by atomic mass is 9.97. The first-order chi connectivity index (χ1) is 9.25. The number of carbonyl (C=O) groups excluding carboxylic acids is 1. The molecule has 3 rings (SSSR count). The topological polar surface area (TPSA) is 40.1 Å². The molecule has 3 aromatic rings. The van der Waals surface area contributed by atoms with Crippen LogP contribution in [0.1, 0.15) is 10.4 Å². The Hall–Kier alpha value is -2.61. The fourth-order valence-corrected chi connectivity index (χ4v) is 2.26. The molecule has 0 radical (unpaired) electrons. The predicted molar refractivity (Wildman–Crippen MR) is 73.7 cm³/mol. The molecule has 0 aromatic heterocycles. The number of fused-ring (bicyclic) bond motifs is 1. The summed E-state index contributed by atoms with van der Waals surface area (Å²) >= 11 is 0. The highest BCUT2D eigenvalue weighted by Crippen LogP contribution is 2.28. The average Bonchev–Trinajstić information content (AvgIpc) is 2.47. The number of carbonyl (C=O) groups is 1. The van der Waals surface area contributed by atoms with E-state index in [2.05, 4.69) is 18.2 Å². The summed E-state index contributed by atoms with van der Waals surface area (Å²) in [5.41, 5.74) is 2.30. The van der Waals surface area contributed by atoms with E-state index < -0.39 is 5.97 Å². The summed E-state index contributed by atoms with van der Waals surface area (Å²) in [5, 5.41) is 13.1. The Morgan fingerprint density at radius 2 is 1.47 bits per heavy atom. The summed E-state index contributed by atoms with van der Waals surface area (Å²) in [6.45, 7) is 0. The molecular weight excluding hydrogens is 236 g/mol. The van der Waals surface area contributed by atoms with Crippen molar-refractivity contribution in [2.45, 2.75) is 0 Å². The van der Waals surface area contributed by atoms with Gasteiger partial charge in [-0.05, 0) is 27.5 Å². The van der Waals surface area contributed by atoms with E-state index in [1.165, 1.54) is 5.39 Å². The molecule has 2 heteroatoms. The third-order valence-corrected chi connectivity index (χ3v) is 3.22. The van der Waals surface area contributed by atoms with Crippen LogP contribution < -0.4 is 5.11 Å². The molecule has 19 heavy (non-hydrogen) atoms. The van der Waals surface area contributed by atoms with E-state index in [9.17, 15) is 9.90 Å². The normalized spacial score (nSPS) is 10.5. The molecule has 0 saturated heterocycles. The second-order valence-electron chi connectivity index (χ2n) is 4.39. The van der Waals surface area contributed by atoms with Crippen LogP contribution in [-0.2, 0) is 0 Å². The van der Waals surface area contributed by atoms with Crippen LogP contribution in [0.3, 0.4) is 0 Å². The second kappa shape index (κ2) is 4.58. The van der Waals surface area contributed by atoms with Gasteiger partial charge in [0.15, 0.2) is 0 Å². The summed E-state index contributed by atoms with van der Waals surface area (Å²) < 4.78 is 0. The van der Waals surface area contributed by atoms with Crippen LogP contribution in [0, 0.1) is 0 Å². The molecule has 0 unspecified atom stereocenters. The molecule has 0 aliphatic heterocycles. The summed E-state index contributed by atoms with van der Waals surface area (Å²) in [6.07, 6.45) is 0. The molecule has 0 fully saturated rings. The van der Waals surface area contributed by atoms with Crippen molar-refractivity contribution in [3.63, 3.8) is 0 Å². The van der Waals surface area contributed by atoms with E-state index in [1.54, 1.807) is 12.1 Å². The quantitative estimate of drug-likeness (QED) is 0.698. The van der Waals surface area contributed by atoms with Crippen molar-refractivity contribution < 1.29 is 9.90 Å². The first-order valence-corrected chi connectivity index (χ1v) is 6.05. The van der Waals surface area contributed by atoms with Crippen LogP contribution in [0.4, 0.5) is 0 Å². The zero-order valence-corrected chi connectivity index (χ0v) is 10.2. The van der Waals surface area contributed by atoms with Gasteiger partial charge in [-0.15, -0.1) is 0 Å². The van der Waals surface area contributed by atoms with E-state index in [1.807, 2.05) is 36.4 Å². The number of hydrogen-bond donors (Lipinski definition) is 0. The molecule has 0 aliphatic carbocycles. The van der Waals surface area contributed by atoms with Crippen LogP contribution in [0.15, 0.2) is 66.7 Å². The Labute approximate surface area is 110 Å². The van der Waals surface area contributed by atoms with E-state index in [0.717, 1.165) is 16.5 Å². The lowest BCUT2D eigenvalue weighted by Crippen LogP contribution is -2.21. The highest BCUT2D eigenvalue weighted by Gasteiger charge is 2.03. The minimum atomic E-state index is -1.15. The van der Waals surface area contributed by atoms with Crippen molar-refractivity contribution in [2.75, 3.05) is 0 Å². The fraction of sp³-hybridized carbons (Fsp3) is 0. The molecule has 0 saturated carbocycles. The van der Waals surface area contributed by atoms with Gasteiger partial charge in [0.25, 0.3) is 0 Å². The molecule has 0 amide bonds. The Morgan fingerprint density at radius 1 is 0.789 bits per heavy atom. The zero-order valence-electron chi connectivity index (χ0n) is 10.2. The zero-order chi connectivity index (χ0) is 13.2. The summed E-state index contributed by atoms with van der Waals surface area (Å²) in [4.78, 5) is 10.7. The maximum Gasteiger partial charge on any atom is 0.0715 e. The summed E-state index contributed by atoms with van der Waals surface area (Å²) in [7, 11) is 0. The number of carboxylic acids is 1. The van der Waals surface area contributed by atoms with Crippen molar-refractivity contribution in [3.05, 3.63) is 72.3 Å². The van der Waals surface area contributed by atoms with Gasteiger partial charge in [-0.1, -0.05) is 66.7 Å². The van der Waals surface area contributed by atoms with Gasteiger partial charge >= 0.3 is 0 Å². The summed E-state index contributed by atoms with van der Waals surface area (Å²) in [5.74, 6) is -1.15. The van der Waals surface area contributed by atoms with E-state index in [4.69, 9.17) is 0 Å². The lowest BCUT2D eigenvalue weighted by Gasteiger charge is -2.08. The van der Waals surface area contributed by atoms with Crippen LogP contribution >= 0.6 is 0 Å². The number of aromatic carboxylic acids is 1. The largest absolute Gasteiger partial charge is 0.545 e. The third kappa shape index (κ3) is 2.08. The van der Waals surface area contributed by atoms with Crippen LogP contribution in [0.5, 0.6) is 0 Å². The molecule has 0 spiro atoms. The van der Waals surface area contributed by atoms with E-state index in [-0.39, 0.29) is 5.56 Å². The van der Waals surface area contributed by atoms with Gasteiger partial charge in [0.2, 0.25) is 0 Å². The minimum Gasteiger partial charge on any atom is -0.545 e. The van der Waals surface area contributed by atoms with Gasteiger partial charge in [0, 0.05) is 0 Å². The molecule has 0 bridgehead atoms. The minimum absolute atomic E-state index is 0.198. The maximum absolute atomic E-state index is 10.7. The fourth-order valence-electron chi connectivity index (χ4n) is 2.26. The molecule has 0 aliphatic rings. The maximum atomic E-state index is 10.7. The SMILES string of the molecule is O=C([O-])c1ccc(-c2cccc3ccccc23)cc1. The molecule has 0 heterocycles. The number of hydrogen-bond acceptors (Lipinski definition) is 2. The Morgan fingerprint density at radius 3 is 2.21 bits per heavy atom. The number of benzene rings is 3. The number of carboxylic acid groups (broad SMARTS) is 1. The molecular formula is C17H11O2-. The smallest absolute Gasteiger partial charge is 0.0715 e. The van der Waals surface area contributed by atoms with Gasteiger partial charge < -0.3 is 9.90 Å². The Kier molecular flexibility index (Phi) is 2.76. The predicted octanol–water partition coefficient (Wildman–Crippen LogP) is 2.87. The monoisotopic (exact) mass is 247 g/mol. The number of rotatable bonds is 2. The first kappa shape index (κ1) is 11.5. The van der Waals surface area contributed by atoms with Crippen LogP contribution in [-0.4, -0.2) is 5.97 Å². The van der Waals surface area contributed by atoms with Gasteiger partial charge in [-0.2, -0.15) is 0 Å². The highest BCUT2D eigenvalue weighted by atomic mass is 16.4. The molecule has 92 valence electrons. The van der Waals surface area contributed by atoms with Gasteiger partial charge in [0.1, 0.15) is 0 Å². The Bertz CT molecular complexity index is 737. The average molecular weight is 247 g/mol. The molecule has 0 N–H and O–H groups in total. The molecule has 0 atom stereocenters. The van der Waals surface area contributed by atoms with Crippen molar-refractivity contribution in [3.8, 4) is 11.1 Å². The van der Waals surface area contributed by atoms with E-state index >= 15 is 0 Å². The van der Waals surface area contributed by atoms with Crippen molar-refractivity contribution in [2.24, 2.45) is 0 Å². The first-order valence-electron chi connectivity index (χ1n) is 6.05. The van der Waals surface area contributed by atoms with Crippen molar-refractivity contribution in [1.29, 1.82) is 0 Å². The summed E-state index contributed by atoms with van der Waals surface area (Å²) in [6, 6.07) is 21.0. The van der Waals surface area contributed by atoms with Gasteiger partial charge in [-0.3, -0.25) is 0 Å². The standard InChI is InChI=1S/C17H12O2/c18-17(19)14-10-8-13(9-11-14)16-7-3-5-12-4-1-2-6-15(12)16/h1-11H,(H,18,19)/p-1. The van der Waals surface area contributed by atoms with E-state index in [0.29, 0.717) is 0 Å². The Balaban J connectivity index is 2.16. The van der Waals surface area contributed by atoms with Crippen LogP contribution in [0.25, 0.3) is 21.9 Å². The van der Waals surface area contributed by atoms with Gasteiger partial charge in [0.05, 0.1) is 5.97 Å². The third-order valence-electron chi connectivity index (χ3n) is 3.22. The highest BCUT2D eigenvalue weighted by molar-refractivity contribution is 5.97. The molecule has 3 aromatic carbocycles. The van der Waals surface area contributed by atoms with Crippen molar-refractivity contribution in [1.82, 2.24) is 0 Å². The van der Waals surface area contributed by atoms with Crippen molar-refractivity contribution >= 4 is 16.7 Å². The van der Waals surface area contributed by atoms with Crippen LogP contribution in [0.2, 0.25) is 0 Å².